The lowest BCUT2D eigenvalue weighted by Crippen LogP contribution is -2.09. The maximum Gasteiger partial charge on any atom is 0.122 e. The first-order valence-electron chi connectivity index (χ1n) is 6.66. The van der Waals surface area contributed by atoms with Crippen LogP contribution in [0.3, 0.4) is 0 Å². The summed E-state index contributed by atoms with van der Waals surface area (Å²) in [5.41, 5.74) is 2.39. The van der Waals surface area contributed by atoms with Crippen molar-refractivity contribution in [2.24, 2.45) is 0 Å². The van der Waals surface area contributed by atoms with Gasteiger partial charge in [0.2, 0.25) is 0 Å². The minimum Gasteiger partial charge on any atom is -0.497 e. The number of benzene rings is 2. The van der Waals surface area contributed by atoms with Gasteiger partial charge >= 0.3 is 0 Å². The van der Waals surface area contributed by atoms with E-state index in [9.17, 15) is 0 Å². The molecule has 0 radical (unpaired) electrons. The molecule has 2 rings (SSSR count). The molecule has 0 aliphatic carbocycles. The first-order valence-corrected chi connectivity index (χ1v) is 6.66. The lowest BCUT2D eigenvalue weighted by Gasteiger charge is -2.11. The van der Waals surface area contributed by atoms with Gasteiger partial charge in [0.1, 0.15) is 30.5 Å². The molecule has 2 aromatic carbocycles. The molecule has 0 bridgehead atoms. The summed E-state index contributed by atoms with van der Waals surface area (Å²) in [7, 11) is 1.65. The van der Waals surface area contributed by atoms with Crippen molar-refractivity contribution in [1.29, 1.82) is 0 Å². The third kappa shape index (κ3) is 3.92. The summed E-state index contributed by atoms with van der Waals surface area (Å²) in [5.74, 6) is 2.55. The van der Waals surface area contributed by atoms with Crippen LogP contribution in [0.1, 0.15) is 11.1 Å². The lowest BCUT2D eigenvalue weighted by molar-refractivity contribution is 0.216. The van der Waals surface area contributed by atoms with E-state index in [-0.39, 0.29) is 0 Å². The highest BCUT2D eigenvalue weighted by atomic mass is 16.5. The minimum absolute atomic E-state index is 0.514. The predicted molar refractivity (Wildman–Crippen MR) is 79.9 cm³/mol. The fraction of sp³-hybridized carbons (Fsp3) is 0.294. The summed E-state index contributed by atoms with van der Waals surface area (Å²) in [5, 5.41) is 0. The Bertz CT molecular complexity index is 547. The van der Waals surface area contributed by atoms with E-state index in [1.807, 2.05) is 43.3 Å². The largest absolute Gasteiger partial charge is 0.497 e. The fourth-order valence-corrected chi connectivity index (χ4v) is 1.94. The first kappa shape index (κ1) is 14.3. The maximum absolute atomic E-state index is 5.71. The van der Waals surface area contributed by atoms with E-state index in [1.165, 1.54) is 5.56 Å². The summed E-state index contributed by atoms with van der Waals surface area (Å²) in [6.07, 6.45) is 0. The normalized spacial score (nSPS) is 10.2. The van der Waals surface area contributed by atoms with Crippen molar-refractivity contribution in [2.75, 3.05) is 20.3 Å². The van der Waals surface area contributed by atoms with Gasteiger partial charge in [0.25, 0.3) is 0 Å². The van der Waals surface area contributed by atoms with E-state index in [1.54, 1.807) is 7.11 Å². The van der Waals surface area contributed by atoms with E-state index in [0.717, 1.165) is 22.8 Å². The number of rotatable bonds is 6. The van der Waals surface area contributed by atoms with Gasteiger partial charge in [0.15, 0.2) is 0 Å². The summed E-state index contributed by atoms with van der Waals surface area (Å²) < 4.78 is 16.4. The second-order valence-corrected chi connectivity index (χ2v) is 4.64. The van der Waals surface area contributed by atoms with Crippen molar-refractivity contribution in [2.45, 2.75) is 13.8 Å². The van der Waals surface area contributed by atoms with Crippen LogP contribution in [-0.4, -0.2) is 20.3 Å². The van der Waals surface area contributed by atoms with Crippen molar-refractivity contribution in [3.05, 3.63) is 53.6 Å². The zero-order chi connectivity index (χ0) is 14.4. The SMILES string of the molecule is COc1ccc(OCCOc2ccc(C)cc2C)cc1. The summed E-state index contributed by atoms with van der Waals surface area (Å²) in [6.45, 7) is 5.16. The van der Waals surface area contributed by atoms with Gasteiger partial charge in [-0.3, -0.25) is 0 Å². The third-order valence-corrected chi connectivity index (χ3v) is 3.00. The van der Waals surface area contributed by atoms with Gasteiger partial charge in [0.05, 0.1) is 7.11 Å². The van der Waals surface area contributed by atoms with Crippen molar-refractivity contribution in [3.8, 4) is 17.2 Å². The lowest BCUT2D eigenvalue weighted by atomic mass is 10.1. The van der Waals surface area contributed by atoms with Crippen molar-refractivity contribution in [3.63, 3.8) is 0 Å². The first-order chi connectivity index (χ1) is 9.69. The average Bonchev–Trinajstić information content (AvgIpc) is 2.46. The Morgan fingerprint density at radius 3 is 2.10 bits per heavy atom. The van der Waals surface area contributed by atoms with Gasteiger partial charge in [-0.25, -0.2) is 0 Å². The zero-order valence-corrected chi connectivity index (χ0v) is 12.2. The molecule has 0 unspecified atom stereocenters. The molecule has 0 amide bonds. The molecule has 0 aliphatic heterocycles. The summed E-state index contributed by atoms with van der Waals surface area (Å²) in [4.78, 5) is 0. The van der Waals surface area contributed by atoms with Gasteiger partial charge in [-0.2, -0.15) is 0 Å². The average molecular weight is 272 g/mol. The molecule has 3 heteroatoms. The van der Waals surface area contributed by atoms with Crippen LogP contribution in [0.25, 0.3) is 0 Å². The van der Waals surface area contributed by atoms with Crippen molar-refractivity contribution < 1.29 is 14.2 Å². The van der Waals surface area contributed by atoms with E-state index in [4.69, 9.17) is 14.2 Å². The summed E-state index contributed by atoms with van der Waals surface area (Å²) in [6, 6.07) is 13.7. The molecule has 0 N–H and O–H groups in total. The Balaban J connectivity index is 1.78. The Kier molecular flexibility index (Phi) is 4.88. The maximum atomic E-state index is 5.71. The molecule has 0 heterocycles. The van der Waals surface area contributed by atoms with Crippen LogP contribution in [0.15, 0.2) is 42.5 Å². The molecule has 20 heavy (non-hydrogen) atoms. The van der Waals surface area contributed by atoms with Gasteiger partial charge < -0.3 is 14.2 Å². The molecule has 0 aromatic heterocycles. The Morgan fingerprint density at radius 1 is 0.800 bits per heavy atom. The van der Waals surface area contributed by atoms with Crippen LogP contribution < -0.4 is 14.2 Å². The van der Waals surface area contributed by atoms with Crippen molar-refractivity contribution in [1.82, 2.24) is 0 Å². The molecule has 0 spiro atoms. The molecule has 3 nitrogen and oxygen atoms in total. The highest BCUT2D eigenvalue weighted by Gasteiger charge is 2.00. The number of aryl methyl sites for hydroxylation is 2. The van der Waals surface area contributed by atoms with E-state index in [0.29, 0.717) is 13.2 Å². The van der Waals surface area contributed by atoms with E-state index in [2.05, 4.69) is 13.0 Å². The van der Waals surface area contributed by atoms with Gasteiger partial charge in [0, 0.05) is 0 Å². The second kappa shape index (κ2) is 6.85. The van der Waals surface area contributed by atoms with Crippen LogP contribution in [0.2, 0.25) is 0 Å². The smallest absolute Gasteiger partial charge is 0.122 e. The van der Waals surface area contributed by atoms with Crippen LogP contribution in [0.4, 0.5) is 0 Å². The molecular weight excluding hydrogens is 252 g/mol. The third-order valence-electron chi connectivity index (χ3n) is 3.00. The van der Waals surface area contributed by atoms with E-state index < -0.39 is 0 Å². The Morgan fingerprint density at radius 2 is 1.45 bits per heavy atom. The van der Waals surface area contributed by atoms with Gasteiger partial charge in [-0.15, -0.1) is 0 Å². The molecule has 0 saturated carbocycles. The number of hydrogen-bond donors (Lipinski definition) is 0. The van der Waals surface area contributed by atoms with Gasteiger partial charge in [-0.05, 0) is 49.7 Å². The highest BCUT2D eigenvalue weighted by Crippen LogP contribution is 2.19. The van der Waals surface area contributed by atoms with Crippen molar-refractivity contribution >= 4 is 0 Å². The predicted octanol–water partition coefficient (Wildman–Crippen LogP) is 3.77. The molecule has 2 aromatic rings. The number of hydrogen-bond acceptors (Lipinski definition) is 3. The molecule has 0 saturated heterocycles. The second-order valence-electron chi connectivity index (χ2n) is 4.64. The standard InChI is InChI=1S/C17H20O3/c1-13-4-9-17(14(2)12-13)20-11-10-19-16-7-5-15(18-3)6-8-16/h4-9,12H,10-11H2,1-3H3. The topological polar surface area (TPSA) is 27.7 Å². The van der Waals surface area contributed by atoms with Gasteiger partial charge in [-0.1, -0.05) is 17.7 Å². The molecule has 0 aliphatic rings. The number of ether oxygens (including phenoxy) is 3. The van der Waals surface area contributed by atoms with Crippen LogP contribution in [0.5, 0.6) is 17.2 Å². The fourth-order valence-electron chi connectivity index (χ4n) is 1.94. The number of methoxy groups -OCH3 is 1. The Labute approximate surface area is 120 Å². The van der Waals surface area contributed by atoms with Crippen LogP contribution in [0, 0.1) is 13.8 Å². The quantitative estimate of drug-likeness (QED) is 0.749. The highest BCUT2D eigenvalue weighted by molar-refractivity contribution is 5.35. The monoisotopic (exact) mass is 272 g/mol. The molecule has 106 valence electrons. The molecule has 0 atom stereocenters. The minimum atomic E-state index is 0.514. The molecular formula is C17H20O3. The Hall–Kier alpha value is -2.16. The van der Waals surface area contributed by atoms with Crippen LogP contribution >= 0.6 is 0 Å². The van der Waals surface area contributed by atoms with Crippen LogP contribution in [-0.2, 0) is 0 Å². The van der Waals surface area contributed by atoms with E-state index >= 15 is 0 Å². The summed E-state index contributed by atoms with van der Waals surface area (Å²) >= 11 is 0. The zero-order valence-electron chi connectivity index (χ0n) is 12.2. The molecule has 0 fully saturated rings.